The molecule has 1 aromatic carbocycles. The van der Waals surface area contributed by atoms with Crippen molar-refractivity contribution in [3.63, 3.8) is 0 Å². The van der Waals surface area contributed by atoms with Crippen molar-refractivity contribution in [3.8, 4) is 11.5 Å². The zero-order valence-electron chi connectivity index (χ0n) is 16.8. The van der Waals surface area contributed by atoms with Crippen LogP contribution in [0, 0.1) is 0 Å². The quantitative estimate of drug-likeness (QED) is 0.787. The number of rotatable bonds is 7. The molecule has 150 valence electrons. The van der Waals surface area contributed by atoms with E-state index in [-0.39, 0.29) is 5.91 Å². The Labute approximate surface area is 166 Å². The van der Waals surface area contributed by atoms with Crippen molar-refractivity contribution in [1.82, 2.24) is 14.9 Å². The molecule has 1 unspecified atom stereocenters. The van der Waals surface area contributed by atoms with Crippen LogP contribution in [0.15, 0.2) is 30.5 Å². The average Bonchev–Trinajstić information content (AvgIpc) is 2.77. The van der Waals surface area contributed by atoms with Crippen LogP contribution in [0.3, 0.4) is 0 Å². The summed E-state index contributed by atoms with van der Waals surface area (Å²) >= 11 is 0. The number of nitrogens with one attached hydrogen (secondary N) is 1. The van der Waals surface area contributed by atoms with E-state index in [0.717, 1.165) is 31.4 Å². The highest BCUT2D eigenvalue weighted by molar-refractivity contribution is 5.92. The van der Waals surface area contributed by atoms with E-state index in [4.69, 9.17) is 9.47 Å². The molecule has 0 radical (unpaired) electrons. The van der Waals surface area contributed by atoms with Crippen molar-refractivity contribution in [1.29, 1.82) is 0 Å². The third kappa shape index (κ3) is 4.52. The van der Waals surface area contributed by atoms with Crippen LogP contribution in [0.25, 0.3) is 0 Å². The second-order valence-electron chi connectivity index (χ2n) is 6.86. The number of carbonyl (C=O) groups is 1. The van der Waals surface area contributed by atoms with E-state index in [9.17, 15) is 4.79 Å². The molecule has 1 amide bonds. The molecule has 0 aliphatic carbocycles. The molecule has 28 heavy (non-hydrogen) atoms. The topological polar surface area (TPSA) is 76.6 Å². The van der Waals surface area contributed by atoms with Crippen LogP contribution in [-0.2, 0) is 6.54 Å². The number of piperidine rings is 1. The zero-order chi connectivity index (χ0) is 19.9. The molecule has 1 aromatic heterocycles. The molecule has 0 spiro atoms. The molecule has 1 aliphatic heterocycles. The first-order valence-electron chi connectivity index (χ1n) is 9.75. The van der Waals surface area contributed by atoms with Crippen LogP contribution in [0.4, 0.5) is 5.95 Å². The molecule has 3 rings (SSSR count). The highest BCUT2D eigenvalue weighted by Crippen LogP contribution is 2.27. The van der Waals surface area contributed by atoms with Crippen molar-refractivity contribution in [2.45, 2.75) is 45.2 Å². The smallest absolute Gasteiger partial charge is 0.272 e. The predicted octanol–water partition coefficient (Wildman–Crippen LogP) is 3.51. The van der Waals surface area contributed by atoms with Gasteiger partial charge in [-0.25, -0.2) is 9.97 Å². The number of hydrogen-bond acceptors (Lipinski definition) is 6. The van der Waals surface area contributed by atoms with Gasteiger partial charge in [0.1, 0.15) is 5.69 Å². The molecular formula is C21H28N4O3. The SMILES string of the molecule is CCC1CCCCN1C(=O)c1ccnc(NCc2ccc(OC)c(OC)c2)n1. The fraction of sp³-hybridized carbons (Fsp3) is 0.476. The number of aromatic nitrogens is 2. The molecule has 1 fully saturated rings. The number of ether oxygens (including phenoxy) is 2. The van der Waals surface area contributed by atoms with Gasteiger partial charge in [0, 0.05) is 25.3 Å². The number of nitrogens with zero attached hydrogens (tertiary/aromatic N) is 3. The second-order valence-corrected chi connectivity index (χ2v) is 6.86. The number of methoxy groups -OCH3 is 2. The lowest BCUT2D eigenvalue weighted by Crippen LogP contribution is -2.43. The standard InChI is InChI=1S/C21H28N4O3/c1-4-16-7-5-6-12-25(16)20(26)17-10-11-22-21(24-17)23-14-15-8-9-18(27-2)19(13-15)28-3/h8-11,13,16H,4-7,12,14H2,1-3H3,(H,22,23,24). The van der Waals surface area contributed by atoms with Gasteiger partial charge in [-0.05, 0) is 49.4 Å². The summed E-state index contributed by atoms with van der Waals surface area (Å²) < 4.78 is 10.6. The largest absolute Gasteiger partial charge is 0.493 e. The van der Waals surface area contributed by atoms with Gasteiger partial charge in [0.15, 0.2) is 11.5 Å². The van der Waals surface area contributed by atoms with E-state index in [1.54, 1.807) is 26.5 Å². The first-order valence-corrected chi connectivity index (χ1v) is 9.75. The zero-order valence-corrected chi connectivity index (χ0v) is 16.8. The van der Waals surface area contributed by atoms with Crippen LogP contribution < -0.4 is 14.8 Å². The summed E-state index contributed by atoms with van der Waals surface area (Å²) in [7, 11) is 3.22. The van der Waals surface area contributed by atoms with Gasteiger partial charge in [-0.15, -0.1) is 0 Å². The Bertz CT molecular complexity index is 812. The minimum atomic E-state index is -0.0110. The number of amides is 1. The minimum Gasteiger partial charge on any atom is -0.493 e. The maximum Gasteiger partial charge on any atom is 0.272 e. The Morgan fingerprint density at radius 1 is 1.21 bits per heavy atom. The number of likely N-dealkylation sites (tertiary alicyclic amines) is 1. The summed E-state index contributed by atoms with van der Waals surface area (Å²) in [6, 6.07) is 7.70. The molecule has 1 atom stereocenters. The monoisotopic (exact) mass is 384 g/mol. The number of carbonyl (C=O) groups excluding carboxylic acids is 1. The molecule has 0 saturated carbocycles. The van der Waals surface area contributed by atoms with Gasteiger partial charge in [0.25, 0.3) is 5.91 Å². The van der Waals surface area contributed by atoms with Gasteiger partial charge in [-0.3, -0.25) is 4.79 Å². The second kappa shape index (κ2) is 9.39. The fourth-order valence-corrected chi connectivity index (χ4v) is 3.57. The predicted molar refractivity (Wildman–Crippen MR) is 108 cm³/mol. The highest BCUT2D eigenvalue weighted by atomic mass is 16.5. The fourth-order valence-electron chi connectivity index (χ4n) is 3.57. The Kier molecular flexibility index (Phi) is 6.68. The number of anilines is 1. The lowest BCUT2D eigenvalue weighted by molar-refractivity contribution is 0.0602. The molecule has 1 N–H and O–H groups in total. The molecular weight excluding hydrogens is 356 g/mol. The number of benzene rings is 1. The van der Waals surface area contributed by atoms with Gasteiger partial charge in [-0.1, -0.05) is 13.0 Å². The normalized spacial score (nSPS) is 16.5. The van der Waals surface area contributed by atoms with Crippen molar-refractivity contribution in [2.24, 2.45) is 0 Å². The van der Waals surface area contributed by atoms with Crippen molar-refractivity contribution in [3.05, 3.63) is 41.7 Å². The average molecular weight is 384 g/mol. The maximum atomic E-state index is 12.9. The third-order valence-electron chi connectivity index (χ3n) is 5.13. The van der Waals surface area contributed by atoms with E-state index >= 15 is 0 Å². The summed E-state index contributed by atoms with van der Waals surface area (Å²) in [5, 5.41) is 3.18. The van der Waals surface area contributed by atoms with Crippen LogP contribution in [0.2, 0.25) is 0 Å². The highest BCUT2D eigenvalue weighted by Gasteiger charge is 2.27. The van der Waals surface area contributed by atoms with E-state index in [0.29, 0.717) is 35.7 Å². The van der Waals surface area contributed by atoms with Gasteiger partial charge in [-0.2, -0.15) is 0 Å². The van der Waals surface area contributed by atoms with E-state index in [1.807, 2.05) is 23.1 Å². The van der Waals surface area contributed by atoms with Gasteiger partial charge >= 0.3 is 0 Å². The molecule has 1 saturated heterocycles. The summed E-state index contributed by atoms with van der Waals surface area (Å²) in [6.45, 7) is 3.45. The maximum absolute atomic E-state index is 12.9. The van der Waals surface area contributed by atoms with Crippen LogP contribution in [0.5, 0.6) is 11.5 Å². The Balaban J connectivity index is 1.69. The lowest BCUT2D eigenvalue weighted by Gasteiger charge is -2.35. The third-order valence-corrected chi connectivity index (χ3v) is 5.13. The lowest BCUT2D eigenvalue weighted by atomic mass is 9.99. The molecule has 2 heterocycles. The Morgan fingerprint density at radius 2 is 2.04 bits per heavy atom. The molecule has 1 aliphatic rings. The Hall–Kier alpha value is -2.83. The first kappa shape index (κ1) is 19.9. The van der Waals surface area contributed by atoms with Crippen LogP contribution >= 0.6 is 0 Å². The van der Waals surface area contributed by atoms with Crippen LogP contribution in [-0.4, -0.2) is 47.6 Å². The van der Waals surface area contributed by atoms with Gasteiger partial charge in [0.2, 0.25) is 5.95 Å². The van der Waals surface area contributed by atoms with E-state index in [2.05, 4.69) is 22.2 Å². The molecule has 7 nitrogen and oxygen atoms in total. The molecule has 7 heteroatoms. The molecule has 0 bridgehead atoms. The van der Waals surface area contributed by atoms with E-state index < -0.39 is 0 Å². The Morgan fingerprint density at radius 3 is 2.79 bits per heavy atom. The van der Waals surface area contributed by atoms with Gasteiger partial charge < -0.3 is 19.7 Å². The van der Waals surface area contributed by atoms with Gasteiger partial charge in [0.05, 0.1) is 14.2 Å². The summed E-state index contributed by atoms with van der Waals surface area (Å²) in [6.07, 6.45) is 5.91. The first-order chi connectivity index (χ1) is 13.7. The van der Waals surface area contributed by atoms with Crippen molar-refractivity contribution < 1.29 is 14.3 Å². The minimum absolute atomic E-state index is 0.0110. The van der Waals surface area contributed by atoms with Crippen molar-refractivity contribution >= 4 is 11.9 Å². The summed E-state index contributed by atoms with van der Waals surface area (Å²) in [4.78, 5) is 23.6. The van der Waals surface area contributed by atoms with E-state index in [1.165, 1.54) is 6.42 Å². The van der Waals surface area contributed by atoms with Crippen LogP contribution in [0.1, 0.15) is 48.7 Å². The number of hydrogen-bond donors (Lipinski definition) is 1. The summed E-state index contributed by atoms with van der Waals surface area (Å²) in [5.41, 5.74) is 1.44. The molecule has 2 aromatic rings. The van der Waals surface area contributed by atoms with Crippen molar-refractivity contribution in [2.75, 3.05) is 26.1 Å². The summed E-state index contributed by atoms with van der Waals surface area (Å²) in [5.74, 6) is 1.78.